The summed E-state index contributed by atoms with van der Waals surface area (Å²) in [5.74, 6) is 0.0202. The van der Waals surface area contributed by atoms with Gasteiger partial charge >= 0.3 is 6.18 Å². The lowest BCUT2D eigenvalue weighted by atomic mass is 10.2. The second kappa shape index (κ2) is 7.99. The average molecular weight is 381 g/mol. The third kappa shape index (κ3) is 5.22. The largest absolute Gasteiger partial charge is 0.433 e. The minimum atomic E-state index is -4.55. The Bertz CT molecular complexity index is 759. The van der Waals surface area contributed by atoms with Gasteiger partial charge in [0, 0.05) is 36.6 Å². The standard InChI is InChI=1S/C18H22F3N5O/c1-12(2)22-17-24-15(18(19,20)21)11-16(25-17)23-13-3-5-14(6-4-13)26-7-9-27-10-8-26/h3-6,11-12H,7-10H2,1-2H3,(H2,22,23,24,25). The van der Waals surface area contributed by atoms with Crippen molar-refractivity contribution in [2.45, 2.75) is 26.1 Å². The topological polar surface area (TPSA) is 62.3 Å². The number of anilines is 4. The Labute approximate surface area is 155 Å². The molecule has 9 heteroatoms. The van der Waals surface area contributed by atoms with Gasteiger partial charge in [-0.1, -0.05) is 0 Å². The van der Waals surface area contributed by atoms with Crippen LogP contribution in [0.25, 0.3) is 0 Å². The number of benzene rings is 1. The predicted octanol–water partition coefficient (Wildman–Crippen LogP) is 3.90. The molecule has 3 rings (SSSR count). The second-order valence-electron chi connectivity index (χ2n) is 6.53. The monoisotopic (exact) mass is 381 g/mol. The summed E-state index contributed by atoms with van der Waals surface area (Å²) < 4.78 is 44.7. The molecule has 0 amide bonds. The zero-order valence-corrected chi connectivity index (χ0v) is 15.2. The summed E-state index contributed by atoms with van der Waals surface area (Å²) in [6.07, 6.45) is -4.55. The molecule has 2 N–H and O–H groups in total. The Morgan fingerprint density at radius 3 is 2.33 bits per heavy atom. The van der Waals surface area contributed by atoms with Crippen LogP contribution in [0.5, 0.6) is 0 Å². The van der Waals surface area contributed by atoms with Crippen LogP contribution in [0.15, 0.2) is 30.3 Å². The van der Waals surface area contributed by atoms with E-state index >= 15 is 0 Å². The molecule has 0 aliphatic carbocycles. The van der Waals surface area contributed by atoms with Gasteiger partial charge < -0.3 is 20.3 Å². The molecule has 146 valence electrons. The number of alkyl halides is 3. The fourth-order valence-electron chi connectivity index (χ4n) is 2.70. The number of nitrogens with zero attached hydrogens (tertiary/aromatic N) is 3. The first kappa shape index (κ1) is 19.2. The molecule has 1 fully saturated rings. The minimum absolute atomic E-state index is 0.0627. The van der Waals surface area contributed by atoms with Gasteiger partial charge in [0.15, 0.2) is 5.69 Å². The van der Waals surface area contributed by atoms with Gasteiger partial charge in [0.1, 0.15) is 5.82 Å². The number of aromatic nitrogens is 2. The number of ether oxygens (including phenoxy) is 1. The molecule has 1 saturated heterocycles. The normalized spacial score (nSPS) is 15.1. The van der Waals surface area contributed by atoms with Gasteiger partial charge in [-0.2, -0.15) is 18.2 Å². The zero-order chi connectivity index (χ0) is 19.4. The van der Waals surface area contributed by atoms with Crippen molar-refractivity contribution in [3.8, 4) is 0 Å². The van der Waals surface area contributed by atoms with Gasteiger partial charge in [-0.05, 0) is 38.1 Å². The van der Waals surface area contributed by atoms with Gasteiger partial charge in [0.05, 0.1) is 13.2 Å². The van der Waals surface area contributed by atoms with Crippen molar-refractivity contribution in [3.63, 3.8) is 0 Å². The summed E-state index contributed by atoms with van der Waals surface area (Å²) in [6.45, 7) is 6.62. The van der Waals surface area contributed by atoms with Crippen LogP contribution in [-0.2, 0) is 10.9 Å². The molecule has 0 saturated carbocycles. The maximum Gasteiger partial charge on any atom is 0.433 e. The van der Waals surface area contributed by atoms with Crippen LogP contribution in [0.1, 0.15) is 19.5 Å². The SMILES string of the molecule is CC(C)Nc1nc(Nc2ccc(N3CCOCC3)cc2)cc(C(F)(F)F)n1. The van der Waals surface area contributed by atoms with Crippen LogP contribution in [-0.4, -0.2) is 42.3 Å². The molecular weight excluding hydrogens is 359 g/mol. The maximum absolute atomic E-state index is 13.1. The highest BCUT2D eigenvalue weighted by atomic mass is 19.4. The van der Waals surface area contributed by atoms with Crippen molar-refractivity contribution >= 4 is 23.1 Å². The second-order valence-corrected chi connectivity index (χ2v) is 6.53. The van der Waals surface area contributed by atoms with Crippen LogP contribution in [0.3, 0.4) is 0 Å². The summed E-state index contributed by atoms with van der Waals surface area (Å²) in [5, 5.41) is 5.74. The first-order valence-electron chi connectivity index (χ1n) is 8.74. The highest BCUT2D eigenvalue weighted by Gasteiger charge is 2.33. The zero-order valence-electron chi connectivity index (χ0n) is 15.2. The molecule has 0 bridgehead atoms. The van der Waals surface area contributed by atoms with E-state index in [1.165, 1.54) is 0 Å². The fourth-order valence-corrected chi connectivity index (χ4v) is 2.70. The van der Waals surface area contributed by atoms with E-state index in [1.807, 2.05) is 24.3 Å². The Balaban J connectivity index is 1.79. The van der Waals surface area contributed by atoms with E-state index in [9.17, 15) is 13.2 Å². The number of rotatable bonds is 5. The van der Waals surface area contributed by atoms with Gasteiger partial charge in [-0.3, -0.25) is 0 Å². The first-order chi connectivity index (χ1) is 12.8. The highest BCUT2D eigenvalue weighted by Crippen LogP contribution is 2.31. The molecular formula is C18H22F3N5O. The summed E-state index contributed by atoms with van der Waals surface area (Å²) in [6, 6.07) is 8.29. The fraction of sp³-hybridized carbons (Fsp3) is 0.444. The first-order valence-corrected chi connectivity index (χ1v) is 8.74. The van der Waals surface area contributed by atoms with Crippen LogP contribution < -0.4 is 15.5 Å². The molecule has 2 aromatic rings. The van der Waals surface area contributed by atoms with Crippen molar-refractivity contribution in [3.05, 3.63) is 36.0 Å². The van der Waals surface area contributed by atoms with Crippen molar-refractivity contribution in [2.75, 3.05) is 41.8 Å². The Kier molecular flexibility index (Phi) is 5.69. The van der Waals surface area contributed by atoms with Crippen molar-refractivity contribution < 1.29 is 17.9 Å². The smallest absolute Gasteiger partial charge is 0.378 e. The quantitative estimate of drug-likeness (QED) is 0.819. The number of nitrogens with one attached hydrogen (secondary N) is 2. The highest BCUT2D eigenvalue weighted by molar-refractivity contribution is 5.62. The van der Waals surface area contributed by atoms with Gasteiger partial charge in [-0.25, -0.2) is 4.98 Å². The minimum Gasteiger partial charge on any atom is -0.378 e. The van der Waals surface area contributed by atoms with E-state index in [-0.39, 0.29) is 17.8 Å². The van der Waals surface area contributed by atoms with Gasteiger partial charge in [-0.15, -0.1) is 0 Å². The number of halogens is 3. The number of hydrogen-bond donors (Lipinski definition) is 2. The molecule has 1 aliphatic rings. The van der Waals surface area contributed by atoms with E-state index in [2.05, 4.69) is 25.5 Å². The lowest BCUT2D eigenvalue weighted by molar-refractivity contribution is -0.141. The third-order valence-corrected chi connectivity index (χ3v) is 3.95. The van der Waals surface area contributed by atoms with E-state index in [0.717, 1.165) is 24.8 Å². The van der Waals surface area contributed by atoms with Crippen LogP contribution in [0, 0.1) is 0 Å². The molecule has 0 atom stereocenters. The average Bonchev–Trinajstić information content (AvgIpc) is 2.61. The van der Waals surface area contributed by atoms with Crippen molar-refractivity contribution in [2.24, 2.45) is 0 Å². The van der Waals surface area contributed by atoms with Crippen molar-refractivity contribution in [1.29, 1.82) is 0 Å². The molecule has 0 spiro atoms. The third-order valence-electron chi connectivity index (χ3n) is 3.95. The molecule has 0 radical (unpaired) electrons. The summed E-state index contributed by atoms with van der Waals surface area (Å²) in [5.41, 5.74) is 0.701. The van der Waals surface area contributed by atoms with Crippen LogP contribution >= 0.6 is 0 Å². The molecule has 27 heavy (non-hydrogen) atoms. The van der Waals surface area contributed by atoms with E-state index in [0.29, 0.717) is 18.9 Å². The van der Waals surface area contributed by atoms with Crippen LogP contribution in [0.2, 0.25) is 0 Å². The molecule has 1 aliphatic heterocycles. The molecule has 1 aromatic heterocycles. The summed E-state index contributed by atoms with van der Waals surface area (Å²) in [7, 11) is 0. The number of hydrogen-bond acceptors (Lipinski definition) is 6. The molecule has 1 aromatic carbocycles. The van der Waals surface area contributed by atoms with E-state index < -0.39 is 11.9 Å². The van der Waals surface area contributed by atoms with Crippen molar-refractivity contribution in [1.82, 2.24) is 9.97 Å². The molecule has 6 nitrogen and oxygen atoms in total. The molecule has 0 unspecified atom stereocenters. The Morgan fingerprint density at radius 2 is 1.74 bits per heavy atom. The lowest BCUT2D eigenvalue weighted by Gasteiger charge is -2.28. The summed E-state index contributed by atoms with van der Waals surface area (Å²) in [4.78, 5) is 9.89. The van der Waals surface area contributed by atoms with Gasteiger partial charge in [0.25, 0.3) is 0 Å². The lowest BCUT2D eigenvalue weighted by Crippen LogP contribution is -2.36. The molecule has 2 heterocycles. The van der Waals surface area contributed by atoms with Gasteiger partial charge in [0.2, 0.25) is 5.95 Å². The summed E-state index contributed by atoms with van der Waals surface area (Å²) >= 11 is 0. The number of morpholine rings is 1. The Hall–Kier alpha value is -2.55. The van der Waals surface area contributed by atoms with E-state index in [1.54, 1.807) is 13.8 Å². The van der Waals surface area contributed by atoms with E-state index in [4.69, 9.17) is 4.74 Å². The predicted molar refractivity (Wildman–Crippen MR) is 98.5 cm³/mol. The Morgan fingerprint density at radius 1 is 1.07 bits per heavy atom. The van der Waals surface area contributed by atoms with Crippen LogP contribution in [0.4, 0.5) is 36.3 Å². The maximum atomic E-state index is 13.1.